The summed E-state index contributed by atoms with van der Waals surface area (Å²) in [7, 11) is -2.69. The van der Waals surface area contributed by atoms with E-state index in [4.69, 9.17) is 0 Å². The van der Waals surface area contributed by atoms with E-state index < -0.39 is 14.9 Å². The molecular formula is C14H20N4O5S. The number of amides is 1. The standard InChI is InChI=1S/C14H20N4O5S/c1-11-9-15-6-7-17(11)14(19)10-16(2)24(22,23)13-5-3-4-12(8-13)18(20)21/h3-5,8,11,15H,6-7,9-10H2,1-2H3/t11-/m0/s1. The van der Waals surface area contributed by atoms with Gasteiger partial charge < -0.3 is 10.2 Å². The Morgan fingerprint density at radius 2 is 2.21 bits per heavy atom. The van der Waals surface area contributed by atoms with Gasteiger partial charge in [-0.25, -0.2) is 8.42 Å². The summed E-state index contributed by atoms with van der Waals surface area (Å²) < 4.78 is 26.0. The zero-order valence-electron chi connectivity index (χ0n) is 13.5. The molecule has 132 valence electrons. The highest BCUT2D eigenvalue weighted by Crippen LogP contribution is 2.20. The molecule has 0 unspecified atom stereocenters. The van der Waals surface area contributed by atoms with Gasteiger partial charge in [-0.15, -0.1) is 0 Å². The lowest BCUT2D eigenvalue weighted by Crippen LogP contribution is -2.54. The normalized spacial score (nSPS) is 18.6. The van der Waals surface area contributed by atoms with Crippen LogP contribution in [0.2, 0.25) is 0 Å². The number of nitro groups is 1. The molecule has 1 N–H and O–H groups in total. The molecule has 2 rings (SSSR count). The minimum absolute atomic E-state index is 0.0137. The zero-order valence-corrected chi connectivity index (χ0v) is 14.3. The summed E-state index contributed by atoms with van der Waals surface area (Å²) in [5, 5.41) is 14.0. The Bertz CT molecular complexity index is 736. The van der Waals surface area contributed by atoms with Gasteiger partial charge in [-0.3, -0.25) is 14.9 Å². The van der Waals surface area contributed by atoms with Crippen LogP contribution in [-0.2, 0) is 14.8 Å². The molecule has 1 heterocycles. The van der Waals surface area contributed by atoms with Crippen molar-refractivity contribution in [2.24, 2.45) is 0 Å². The Morgan fingerprint density at radius 3 is 2.83 bits per heavy atom. The van der Waals surface area contributed by atoms with Gasteiger partial charge >= 0.3 is 0 Å². The number of nitrogens with one attached hydrogen (secondary N) is 1. The third-order valence-corrected chi connectivity index (χ3v) is 5.72. The number of hydrogen-bond donors (Lipinski definition) is 1. The summed E-state index contributed by atoms with van der Waals surface area (Å²) in [6, 6.07) is 4.77. The van der Waals surface area contributed by atoms with Crippen LogP contribution in [0, 0.1) is 10.1 Å². The monoisotopic (exact) mass is 356 g/mol. The number of nitrogens with zero attached hydrogens (tertiary/aromatic N) is 3. The van der Waals surface area contributed by atoms with E-state index in [9.17, 15) is 23.3 Å². The van der Waals surface area contributed by atoms with E-state index in [-0.39, 0.29) is 29.1 Å². The summed E-state index contributed by atoms with van der Waals surface area (Å²) in [5.74, 6) is -0.291. The molecule has 0 radical (unpaired) electrons. The van der Waals surface area contributed by atoms with E-state index in [1.165, 1.54) is 25.2 Å². The van der Waals surface area contributed by atoms with E-state index in [2.05, 4.69) is 5.32 Å². The number of carbonyl (C=O) groups excluding carboxylic acids is 1. The Hall–Kier alpha value is -2.04. The molecule has 1 saturated heterocycles. The summed E-state index contributed by atoms with van der Waals surface area (Å²) in [6.45, 7) is 3.42. The zero-order chi connectivity index (χ0) is 17.9. The maximum atomic E-state index is 12.5. The van der Waals surface area contributed by atoms with Crippen LogP contribution in [0.3, 0.4) is 0 Å². The first-order chi connectivity index (χ1) is 11.2. The predicted octanol–water partition coefficient (Wildman–Crippen LogP) is 0.0356. The molecule has 1 aromatic rings. The van der Waals surface area contributed by atoms with Crippen LogP contribution in [0.1, 0.15) is 6.92 Å². The number of likely N-dealkylation sites (N-methyl/N-ethyl adjacent to an activating group) is 1. The number of sulfonamides is 1. The molecule has 1 amide bonds. The molecule has 1 fully saturated rings. The third-order valence-electron chi connectivity index (χ3n) is 3.92. The molecule has 0 spiro atoms. The van der Waals surface area contributed by atoms with Crippen molar-refractivity contribution in [1.82, 2.24) is 14.5 Å². The molecule has 24 heavy (non-hydrogen) atoms. The molecule has 0 bridgehead atoms. The second kappa shape index (κ2) is 7.24. The van der Waals surface area contributed by atoms with Crippen molar-refractivity contribution >= 4 is 21.6 Å². The first-order valence-corrected chi connectivity index (χ1v) is 8.88. The van der Waals surface area contributed by atoms with Gasteiger partial charge in [0, 0.05) is 44.9 Å². The Labute approximate surface area is 140 Å². The maximum Gasteiger partial charge on any atom is 0.270 e. The average Bonchev–Trinajstić information content (AvgIpc) is 2.55. The van der Waals surface area contributed by atoms with Crippen molar-refractivity contribution in [3.8, 4) is 0 Å². The number of hydrogen-bond acceptors (Lipinski definition) is 6. The number of rotatable bonds is 5. The second-order valence-electron chi connectivity index (χ2n) is 5.66. The summed E-state index contributed by atoms with van der Waals surface area (Å²) in [4.78, 5) is 23.9. The van der Waals surface area contributed by atoms with Gasteiger partial charge in [0.05, 0.1) is 16.4 Å². The van der Waals surface area contributed by atoms with Crippen molar-refractivity contribution in [3.05, 3.63) is 34.4 Å². The number of non-ortho nitro benzene ring substituents is 1. The van der Waals surface area contributed by atoms with Crippen LogP contribution >= 0.6 is 0 Å². The summed E-state index contributed by atoms with van der Waals surface area (Å²) in [5.41, 5.74) is -0.313. The molecule has 1 atom stereocenters. The fraction of sp³-hybridized carbons (Fsp3) is 0.500. The van der Waals surface area contributed by atoms with Gasteiger partial charge in [0.15, 0.2) is 0 Å². The minimum atomic E-state index is -3.98. The molecule has 0 aromatic heterocycles. The van der Waals surface area contributed by atoms with Crippen LogP contribution in [0.4, 0.5) is 5.69 Å². The van der Waals surface area contributed by atoms with Crippen LogP contribution in [0.5, 0.6) is 0 Å². The fourth-order valence-corrected chi connectivity index (χ4v) is 3.68. The highest BCUT2D eigenvalue weighted by molar-refractivity contribution is 7.89. The van der Waals surface area contributed by atoms with Crippen molar-refractivity contribution in [1.29, 1.82) is 0 Å². The summed E-state index contributed by atoms with van der Waals surface area (Å²) in [6.07, 6.45) is 0. The van der Waals surface area contributed by atoms with Gasteiger partial charge in [0.1, 0.15) is 0 Å². The molecule has 9 nitrogen and oxygen atoms in total. The van der Waals surface area contributed by atoms with Gasteiger partial charge in [-0.2, -0.15) is 4.31 Å². The lowest BCUT2D eigenvalue weighted by Gasteiger charge is -2.34. The fourth-order valence-electron chi connectivity index (χ4n) is 2.52. The molecular weight excluding hydrogens is 336 g/mol. The largest absolute Gasteiger partial charge is 0.336 e. The molecule has 1 aliphatic heterocycles. The van der Waals surface area contributed by atoms with Crippen LogP contribution in [0.15, 0.2) is 29.2 Å². The molecule has 1 aromatic carbocycles. The van der Waals surface area contributed by atoms with E-state index in [0.29, 0.717) is 19.6 Å². The van der Waals surface area contributed by atoms with Crippen molar-refractivity contribution in [3.63, 3.8) is 0 Å². The SMILES string of the molecule is C[C@H]1CNCCN1C(=O)CN(C)S(=O)(=O)c1cccc([N+](=O)[O-])c1. The Balaban J connectivity index is 2.15. The number of benzene rings is 1. The van der Waals surface area contributed by atoms with Crippen molar-refractivity contribution in [2.45, 2.75) is 17.9 Å². The predicted molar refractivity (Wildman–Crippen MR) is 87.0 cm³/mol. The van der Waals surface area contributed by atoms with Gasteiger partial charge in [0.2, 0.25) is 15.9 Å². The van der Waals surface area contributed by atoms with Crippen LogP contribution in [0.25, 0.3) is 0 Å². The van der Waals surface area contributed by atoms with Crippen molar-refractivity contribution < 1.29 is 18.1 Å². The highest BCUT2D eigenvalue weighted by atomic mass is 32.2. The quantitative estimate of drug-likeness (QED) is 0.588. The Kier molecular flexibility index (Phi) is 5.52. The van der Waals surface area contributed by atoms with Gasteiger partial charge in [-0.1, -0.05) is 6.07 Å². The Morgan fingerprint density at radius 1 is 1.50 bits per heavy atom. The van der Waals surface area contributed by atoms with Crippen LogP contribution in [-0.4, -0.2) is 67.7 Å². The highest BCUT2D eigenvalue weighted by Gasteiger charge is 2.29. The van der Waals surface area contributed by atoms with E-state index >= 15 is 0 Å². The molecule has 10 heteroatoms. The van der Waals surface area contributed by atoms with Gasteiger partial charge in [-0.05, 0) is 13.0 Å². The maximum absolute atomic E-state index is 12.5. The van der Waals surface area contributed by atoms with E-state index in [1.807, 2.05) is 6.92 Å². The molecule has 0 saturated carbocycles. The number of nitro benzene ring substituents is 1. The summed E-state index contributed by atoms with van der Waals surface area (Å²) >= 11 is 0. The van der Waals surface area contributed by atoms with Gasteiger partial charge in [0.25, 0.3) is 5.69 Å². The minimum Gasteiger partial charge on any atom is -0.336 e. The second-order valence-corrected chi connectivity index (χ2v) is 7.70. The lowest BCUT2D eigenvalue weighted by molar-refractivity contribution is -0.385. The lowest BCUT2D eigenvalue weighted by atomic mass is 10.2. The van der Waals surface area contributed by atoms with E-state index in [0.717, 1.165) is 10.4 Å². The van der Waals surface area contributed by atoms with Crippen LogP contribution < -0.4 is 5.32 Å². The molecule has 1 aliphatic rings. The third kappa shape index (κ3) is 3.89. The number of piperazine rings is 1. The molecule has 0 aliphatic carbocycles. The average molecular weight is 356 g/mol. The van der Waals surface area contributed by atoms with Crippen molar-refractivity contribution in [2.75, 3.05) is 33.2 Å². The number of carbonyl (C=O) groups is 1. The van der Waals surface area contributed by atoms with E-state index in [1.54, 1.807) is 4.90 Å². The first-order valence-electron chi connectivity index (χ1n) is 7.44. The topological polar surface area (TPSA) is 113 Å². The smallest absolute Gasteiger partial charge is 0.270 e. The first kappa shape index (κ1) is 18.3.